The highest BCUT2D eigenvalue weighted by Gasteiger charge is 2.29. The van der Waals surface area contributed by atoms with E-state index in [1.807, 2.05) is 25.7 Å². The number of hydrogen-bond donors (Lipinski definition) is 1. The van der Waals surface area contributed by atoms with Crippen molar-refractivity contribution in [2.24, 2.45) is 0 Å². The average molecular weight is 240 g/mol. The van der Waals surface area contributed by atoms with E-state index in [0.29, 0.717) is 6.42 Å². The summed E-state index contributed by atoms with van der Waals surface area (Å²) in [6.07, 6.45) is 3.57. The molecule has 0 radical (unpaired) electrons. The van der Waals surface area contributed by atoms with Gasteiger partial charge in [-0.3, -0.25) is 4.79 Å². The number of nitrogens with zero attached hydrogens (tertiary/aromatic N) is 1. The largest absolute Gasteiger partial charge is 0.333 e. The Morgan fingerprint density at radius 3 is 2.47 bits per heavy atom. The first-order valence-electron chi connectivity index (χ1n) is 6.38. The van der Waals surface area contributed by atoms with Crippen LogP contribution < -0.4 is 5.32 Å². The summed E-state index contributed by atoms with van der Waals surface area (Å²) in [5, 5.41) is 2.97. The summed E-state index contributed by atoms with van der Waals surface area (Å²) in [6, 6.07) is 0.0482. The van der Waals surface area contributed by atoms with Gasteiger partial charge in [-0.15, -0.1) is 0 Å². The number of likely N-dealkylation sites (tertiary alicyclic amines) is 1. The Morgan fingerprint density at radius 2 is 1.94 bits per heavy atom. The third-order valence-electron chi connectivity index (χ3n) is 2.89. The highest BCUT2D eigenvalue weighted by molar-refractivity contribution is 5.79. The fraction of sp³-hybridized carbons (Fsp3) is 0.846. The van der Waals surface area contributed by atoms with Crippen LogP contribution in [0.3, 0.4) is 0 Å². The highest BCUT2D eigenvalue weighted by Crippen LogP contribution is 2.20. The van der Waals surface area contributed by atoms with Gasteiger partial charge in [0.15, 0.2) is 0 Å². The summed E-state index contributed by atoms with van der Waals surface area (Å²) in [4.78, 5) is 25.1. The molecule has 17 heavy (non-hydrogen) atoms. The zero-order valence-corrected chi connectivity index (χ0v) is 11.4. The molecule has 1 atom stereocenters. The molecule has 0 aromatic rings. The lowest BCUT2D eigenvalue weighted by Gasteiger charge is -2.37. The molecule has 0 bridgehead atoms. The van der Waals surface area contributed by atoms with Crippen LogP contribution in [0.2, 0.25) is 0 Å². The van der Waals surface area contributed by atoms with Crippen molar-refractivity contribution >= 4 is 11.8 Å². The molecular weight excluding hydrogens is 216 g/mol. The molecule has 1 rings (SSSR count). The van der Waals surface area contributed by atoms with Gasteiger partial charge in [0.1, 0.15) is 5.78 Å². The van der Waals surface area contributed by atoms with Gasteiger partial charge in [-0.2, -0.15) is 0 Å². The zero-order valence-electron chi connectivity index (χ0n) is 11.4. The lowest BCUT2D eigenvalue weighted by atomic mass is 9.98. The van der Waals surface area contributed by atoms with E-state index in [2.05, 4.69) is 5.32 Å². The average Bonchev–Trinajstić information content (AvgIpc) is 2.14. The summed E-state index contributed by atoms with van der Waals surface area (Å²) in [5.74, 6) is 0.158. The van der Waals surface area contributed by atoms with Gasteiger partial charge >= 0.3 is 6.03 Å². The van der Waals surface area contributed by atoms with Crippen molar-refractivity contribution in [1.29, 1.82) is 0 Å². The predicted octanol–water partition coefficient (Wildman–Crippen LogP) is 2.33. The molecule has 1 fully saturated rings. The van der Waals surface area contributed by atoms with Crippen LogP contribution in [0.25, 0.3) is 0 Å². The number of ketones is 1. The summed E-state index contributed by atoms with van der Waals surface area (Å²) in [7, 11) is 0. The molecule has 0 aromatic carbocycles. The van der Waals surface area contributed by atoms with Gasteiger partial charge < -0.3 is 10.2 Å². The number of amides is 2. The number of carbonyl (C=O) groups excluding carboxylic acids is 2. The highest BCUT2D eigenvalue weighted by atomic mass is 16.2. The van der Waals surface area contributed by atoms with Gasteiger partial charge in [-0.05, 0) is 47.0 Å². The molecule has 1 aliphatic rings. The van der Waals surface area contributed by atoms with Crippen LogP contribution >= 0.6 is 0 Å². The molecule has 1 unspecified atom stereocenters. The van der Waals surface area contributed by atoms with Crippen LogP contribution in [0.15, 0.2) is 0 Å². The molecule has 1 heterocycles. The van der Waals surface area contributed by atoms with E-state index in [1.54, 1.807) is 6.92 Å². The van der Waals surface area contributed by atoms with Crippen molar-refractivity contribution in [3.05, 3.63) is 0 Å². The molecular formula is C13H24N2O2. The fourth-order valence-corrected chi connectivity index (χ4v) is 2.20. The third kappa shape index (κ3) is 4.75. The Labute approximate surface area is 104 Å². The van der Waals surface area contributed by atoms with Crippen molar-refractivity contribution in [2.45, 2.75) is 65.0 Å². The van der Waals surface area contributed by atoms with Gasteiger partial charge in [0, 0.05) is 24.5 Å². The Kier molecular flexibility index (Phi) is 4.54. The number of rotatable bonds is 2. The number of hydrogen-bond acceptors (Lipinski definition) is 2. The molecule has 0 spiro atoms. The van der Waals surface area contributed by atoms with Crippen LogP contribution in [0.1, 0.15) is 53.4 Å². The van der Waals surface area contributed by atoms with Gasteiger partial charge in [0.25, 0.3) is 0 Å². The first kappa shape index (κ1) is 14.0. The lowest BCUT2D eigenvalue weighted by molar-refractivity contribution is -0.118. The van der Waals surface area contributed by atoms with Gasteiger partial charge in [-0.1, -0.05) is 0 Å². The molecule has 0 saturated carbocycles. The quantitative estimate of drug-likeness (QED) is 0.805. The molecule has 4 nitrogen and oxygen atoms in total. The summed E-state index contributed by atoms with van der Waals surface area (Å²) >= 11 is 0. The fourth-order valence-electron chi connectivity index (χ4n) is 2.20. The first-order chi connectivity index (χ1) is 7.79. The monoisotopic (exact) mass is 240 g/mol. The Bertz CT molecular complexity index is 294. The SMILES string of the molecule is CC(=O)CC1CCCCN1C(=O)NC(C)(C)C. The Hall–Kier alpha value is -1.06. The second kappa shape index (κ2) is 5.52. The molecule has 4 heteroatoms. The van der Waals surface area contributed by atoms with Crippen LogP contribution in [0.4, 0.5) is 4.79 Å². The van der Waals surface area contributed by atoms with E-state index in [9.17, 15) is 9.59 Å². The van der Waals surface area contributed by atoms with E-state index in [0.717, 1.165) is 25.8 Å². The molecule has 2 amide bonds. The van der Waals surface area contributed by atoms with Crippen molar-refractivity contribution in [3.8, 4) is 0 Å². The lowest BCUT2D eigenvalue weighted by Crippen LogP contribution is -2.53. The molecule has 1 N–H and O–H groups in total. The zero-order chi connectivity index (χ0) is 13.1. The van der Waals surface area contributed by atoms with Crippen molar-refractivity contribution in [1.82, 2.24) is 10.2 Å². The molecule has 0 aliphatic carbocycles. The van der Waals surface area contributed by atoms with Gasteiger partial charge in [-0.25, -0.2) is 4.79 Å². The van der Waals surface area contributed by atoms with Crippen LogP contribution in [-0.2, 0) is 4.79 Å². The number of carbonyl (C=O) groups is 2. The molecule has 1 aliphatic heterocycles. The van der Waals surface area contributed by atoms with Crippen molar-refractivity contribution in [3.63, 3.8) is 0 Å². The van der Waals surface area contributed by atoms with Gasteiger partial charge in [0.2, 0.25) is 0 Å². The molecule has 1 saturated heterocycles. The maximum Gasteiger partial charge on any atom is 0.318 e. The standard InChI is InChI=1S/C13H24N2O2/c1-10(16)9-11-7-5-6-8-15(11)12(17)14-13(2,3)4/h11H,5-9H2,1-4H3,(H,14,17). The van der Waals surface area contributed by atoms with E-state index >= 15 is 0 Å². The van der Waals surface area contributed by atoms with Crippen LogP contribution in [0, 0.1) is 0 Å². The minimum Gasteiger partial charge on any atom is -0.333 e. The molecule has 98 valence electrons. The smallest absolute Gasteiger partial charge is 0.318 e. The first-order valence-corrected chi connectivity index (χ1v) is 6.38. The van der Waals surface area contributed by atoms with E-state index in [1.165, 1.54) is 0 Å². The number of urea groups is 1. The van der Waals surface area contributed by atoms with Crippen LogP contribution in [0.5, 0.6) is 0 Å². The number of Topliss-reactive ketones (excluding diaryl/α,β-unsaturated/α-hetero) is 1. The number of piperidine rings is 1. The summed E-state index contributed by atoms with van der Waals surface area (Å²) in [5.41, 5.74) is -0.227. The van der Waals surface area contributed by atoms with Gasteiger partial charge in [0.05, 0.1) is 0 Å². The molecule has 0 aromatic heterocycles. The topological polar surface area (TPSA) is 49.4 Å². The van der Waals surface area contributed by atoms with Crippen molar-refractivity contribution < 1.29 is 9.59 Å². The predicted molar refractivity (Wildman–Crippen MR) is 67.9 cm³/mol. The van der Waals surface area contributed by atoms with E-state index in [4.69, 9.17) is 0 Å². The van der Waals surface area contributed by atoms with E-state index < -0.39 is 0 Å². The Morgan fingerprint density at radius 1 is 1.29 bits per heavy atom. The van der Waals surface area contributed by atoms with E-state index in [-0.39, 0.29) is 23.4 Å². The maximum absolute atomic E-state index is 12.1. The van der Waals surface area contributed by atoms with Crippen LogP contribution in [-0.4, -0.2) is 34.8 Å². The minimum absolute atomic E-state index is 0.0385. The second-order valence-corrected chi connectivity index (χ2v) is 5.93. The summed E-state index contributed by atoms with van der Waals surface area (Å²) < 4.78 is 0. The third-order valence-corrected chi connectivity index (χ3v) is 2.89. The Balaban J connectivity index is 2.64. The maximum atomic E-state index is 12.1. The normalized spacial score (nSPS) is 21.2. The van der Waals surface area contributed by atoms with Crippen molar-refractivity contribution in [2.75, 3.05) is 6.54 Å². The summed E-state index contributed by atoms with van der Waals surface area (Å²) in [6.45, 7) is 8.26. The minimum atomic E-state index is -0.227. The number of nitrogens with one attached hydrogen (secondary N) is 1. The second-order valence-electron chi connectivity index (χ2n) is 5.93.